The van der Waals surface area contributed by atoms with Crippen LogP contribution >= 0.6 is 11.3 Å². The van der Waals surface area contributed by atoms with Crippen molar-refractivity contribution < 1.29 is 9.18 Å². The molecule has 160 valence electrons. The van der Waals surface area contributed by atoms with Gasteiger partial charge in [0.2, 0.25) is 0 Å². The molecule has 0 aliphatic carbocycles. The molecular formula is C24H20FN5OS. The number of fused-ring (bicyclic) bond motifs is 2. The molecule has 0 radical (unpaired) electrons. The van der Waals surface area contributed by atoms with E-state index in [9.17, 15) is 9.18 Å². The number of benzene rings is 1. The first-order valence-corrected chi connectivity index (χ1v) is 10.9. The van der Waals surface area contributed by atoms with Crippen molar-refractivity contribution in [3.8, 4) is 5.69 Å². The summed E-state index contributed by atoms with van der Waals surface area (Å²) < 4.78 is 17.5. The van der Waals surface area contributed by atoms with Crippen molar-refractivity contribution in [2.45, 2.75) is 13.8 Å². The van der Waals surface area contributed by atoms with Crippen molar-refractivity contribution in [3.63, 3.8) is 0 Å². The van der Waals surface area contributed by atoms with Crippen LogP contribution in [0.3, 0.4) is 0 Å². The number of hydrazone groups is 1. The molecule has 0 spiro atoms. The Morgan fingerprint density at radius 1 is 1.22 bits per heavy atom. The number of rotatable bonds is 4. The molecule has 0 aliphatic heterocycles. The Balaban J connectivity index is 1.52. The highest BCUT2D eigenvalue weighted by molar-refractivity contribution is 7.21. The van der Waals surface area contributed by atoms with E-state index in [-0.39, 0.29) is 11.7 Å². The van der Waals surface area contributed by atoms with Gasteiger partial charge in [0.15, 0.2) is 0 Å². The minimum atomic E-state index is -0.323. The van der Waals surface area contributed by atoms with Crippen LogP contribution in [0.2, 0.25) is 0 Å². The molecule has 5 aromatic rings. The van der Waals surface area contributed by atoms with Crippen LogP contribution in [0.15, 0.2) is 60.1 Å². The quantitative estimate of drug-likeness (QED) is 0.309. The number of carbonyl (C=O) groups excluding carboxylic acids is 1. The fraction of sp³-hybridized carbons (Fsp3) is 0.125. The molecule has 1 N–H and O–H groups in total. The number of nitrogens with zero attached hydrogens (tertiary/aromatic N) is 4. The number of aromatic nitrogens is 3. The van der Waals surface area contributed by atoms with Crippen LogP contribution in [-0.2, 0) is 7.05 Å². The zero-order chi connectivity index (χ0) is 22.4. The number of aryl methyl sites for hydroxylation is 3. The molecule has 5 rings (SSSR count). The first-order valence-electron chi connectivity index (χ1n) is 10.0. The molecule has 4 aromatic heterocycles. The van der Waals surface area contributed by atoms with Crippen LogP contribution in [0.25, 0.3) is 26.8 Å². The maximum Gasteiger partial charge on any atom is 0.283 e. The summed E-state index contributed by atoms with van der Waals surface area (Å²) in [7, 11) is 1.88. The van der Waals surface area contributed by atoms with Crippen molar-refractivity contribution >= 4 is 44.6 Å². The van der Waals surface area contributed by atoms with Crippen LogP contribution in [0.4, 0.5) is 4.39 Å². The predicted octanol–water partition coefficient (Wildman–Crippen LogP) is 5.10. The summed E-state index contributed by atoms with van der Waals surface area (Å²) in [6, 6.07) is 10.5. The van der Waals surface area contributed by atoms with E-state index >= 15 is 0 Å². The Kier molecular flexibility index (Phi) is 4.86. The molecule has 0 aliphatic rings. The van der Waals surface area contributed by atoms with Gasteiger partial charge >= 0.3 is 0 Å². The summed E-state index contributed by atoms with van der Waals surface area (Å²) in [6.07, 6.45) is 7.20. The fourth-order valence-electron chi connectivity index (χ4n) is 4.02. The van der Waals surface area contributed by atoms with Gasteiger partial charge in [-0.05, 0) is 55.8 Å². The lowest BCUT2D eigenvalue weighted by Crippen LogP contribution is -2.18. The normalized spacial score (nSPS) is 11.8. The van der Waals surface area contributed by atoms with E-state index < -0.39 is 0 Å². The molecule has 0 saturated carbocycles. The summed E-state index contributed by atoms with van der Waals surface area (Å²) in [5, 5.41) is 5.85. The molecule has 1 aromatic carbocycles. The number of amides is 1. The standard InChI is InChI=1S/C24H20FN5OS/c1-14-10-15(2)27-24-20(14)21(30-8-4-5-9-30)22(32-24)23(31)28-26-12-16-13-29(3)19-7-6-17(25)11-18(16)19/h4-13H,1-3H3,(H,28,31)/b26-12+. The van der Waals surface area contributed by atoms with Gasteiger partial charge < -0.3 is 9.13 Å². The lowest BCUT2D eigenvalue weighted by molar-refractivity contribution is 0.0959. The second-order valence-electron chi connectivity index (χ2n) is 7.69. The van der Waals surface area contributed by atoms with E-state index in [4.69, 9.17) is 0 Å². The molecule has 0 atom stereocenters. The fourth-order valence-corrected chi connectivity index (χ4v) is 5.20. The zero-order valence-electron chi connectivity index (χ0n) is 17.8. The third kappa shape index (κ3) is 3.38. The third-order valence-corrected chi connectivity index (χ3v) is 6.45. The summed E-state index contributed by atoms with van der Waals surface area (Å²) >= 11 is 1.34. The van der Waals surface area contributed by atoms with Gasteiger partial charge in [-0.2, -0.15) is 5.10 Å². The van der Waals surface area contributed by atoms with E-state index in [0.29, 0.717) is 4.88 Å². The molecule has 1 amide bonds. The van der Waals surface area contributed by atoms with E-state index in [1.54, 1.807) is 6.07 Å². The summed E-state index contributed by atoms with van der Waals surface area (Å²) in [5.74, 6) is -0.640. The Labute approximate surface area is 187 Å². The van der Waals surface area contributed by atoms with Crippen LogP contribution in [0.1, 0.15) is 26.5 Å². The first kappa shape index (κ1) is 20.1. The first-order chi connectivity index (χ1) is 15.4. The van der Waals surface area contributed by atoms with Gasteiger partial charge in [0.25, 0.3) is 5.91 Å². The summed E-state index contributed by atoms with van der Waals surface area (Å²) in [4.78, 5) is 19.1. The second-order valence-corrected chi connectivity index (χ2v) is 8.69. The average molecular weight is 446 g/mol. The molecule has 0 fully saturated rings. The highest BCUT2D eigenvalue weighted by Crippen LogP contribution is 2.35. The number of pyridine rings is 1. The van der Waals surface area contributed by atoms with Crippen LogP contribution in [-0.4, -0.2) is 26.2 Å². The van der Waals surface area contributed by atoms with Gasteiger partial charge in [0, 0.05) is 53.2 Å². The lowest BCUT2D eigenvalue weighted by Gasteiger charge is -2.07. The molecule has 6 nitrogen and oxygen atoms in total. The Morgan fingerprint density at radius 2 is 2.00 bits per heavy atom. The highest BCUT2D eigenvalue weighted by atomic mass is 32.1. The minimum Gasteiger partial charge on any atom is -0.350 e. The number of thiophene rings is 1. The molecule has 8 heteroatoms. The smallest absolute Gasteiger partial charge is 0.283 e. The van der Waals surface area contributed by atoms with Gasteiger partial charge in [0.05, 0.1) is 11.9 Å². The maximum absolute atomic E-state index is 13.7. The van der Waals surface area contributed by atoms with Gasteiger partial charge in [0.1, 0.15) is 15.5 Å². The lowest BCUT2D eigenvalue weighted by atomic mass is 10.1. The topological polar surface area (TPSA) is 64.2 Å². The van der Waals surface area contributed by atoms with Gasteiger partial charge in [-0.15, -0.1) is 11.3 Å². The van der Waals surface area contributed by atoms with Gasteiger partial charge in [-0.3, -0.25) is 4.79 Å². The largest absolute Gasteiger partial charge is 0.350 e. The van der Waals surface area contributed by atoms with E-state index in [1.807, 2.05) is 66.8 Å². The van der Waals surface area contributed by atoms with Crippen LogP contribution in [0, 0.1) is 19.7 Å². The molecular weight excluding hydrogens is 425 g/mol. The molecule has 0 bridgehead atoms. The number of carbonyl (C=O) groups is 1. The van der Waals surface area contributed by atoms with Crippen LogP contribution in [0.5, 0.6) is 0 Å². The predicted molar refractivity (Wildman–Crippen MR) is 126 cm³/mol. The number of hydrogen-bond acceptors (Lipinski definition) is 4. The number of halogens is 1. The minimum absolute atomic E-state index is 0.317. The highest BCUT2D eigenvalue weighted by Gasteiger charge is 2.22. The summed E-state index contributed by atoms with van der Waals surface area (Å²) in [5.41, 5.74) is 7.00. The molecule has 32 heavy (non-hydrogen) atoms. The molecule has 0 unspecified atom stereocenters. The van der Waals surface area contributed by atoms with E-state index in [2.05, 4.69) is 15.5 Å². The SMILES string of the molecule is Cc1cc(C)c2c(-n3cccc3)c(C(=O)N/N=C/c3cn(C)c4ccc(F)cc34)sc2n1. The van der Waals surface area contributed by atoms with Crippen molar-refractivity contribution in [2.75, 3.05) is 0 Å². The molecule has 0 saturated heterocycles. The zero-order valence-corrected chi connectivity index (χ0v) is 18.6. The van der Waals surface area contributed by atoms with Gasteiger partial charge in [-0.1, -0.05) is 0 Å². The van der Waals surface area contributed by atoms with Crippen molar-refractivity contribution in [3.05, 3.63) is 82.5 Å². The van der Waals surface area contributed by atoms with E-state index in [0.717, 1.165) is 43.6 Å². The Morgan fingerprint density at radius 3 is 2.78 bits per heavy atom. The van der Waals surface area contributed by atoms with Crippen molar-refractivity contribution in [1.82, 2.24) is 19.5 Å². The monoisotopic (exact) mass is 445 g/mol. The van der Waals surface area contributed by atoms with Crippen molar-refractivity contribution in [1.29, 1.82) is 0 Å². The van der Waals surface area contributed by atoms with Gasteiger partial charge in [-0.25, -0.2) is 14.8 Å². The van der Waals surface area contributed by atoms with Crippen LogP contribution < -0.4 is 5.43 Å². The number of hydrogen-bond donors (Lipinski definition) is 1. The second kappa shape index (κ2) is 7.72. The van der Waals surface area contributed by atoms with Crippen molar-refractivity contribution in [2.24, 2.45) is 12.1 Å². The average Bonchev–Trinajstić information content (AvgIpc) is 3.46. The Hall–Kier alpha value is -3.78. The number of nitrogens with one attached hydrogen (secondary N) is 1. The Bertz CT molecular complexity index is 1510. The summed E-state index contributed by atoms with van der Waals surface area (Å²) in [6.45, 7) is 3.97. The maximum atomic E-state index is 13.7. The third-order valence-electron chi connectivity index (χ3n) is 5.38. The molecule has 4 heterocycles. The van der Waals surface area contributed by atoms with E-state index in [1.165, 1.54) is 29.7 Å².